The number of nitrogens with zero attached hydrogens (tertiary/aromatic N) is 1. The van der Waals surface area contributed by atoms with Crippen LogP contribution in [0.5, 0.6) is 0 Å². The fourth-order valence-corrected chi connectivity index (χ4v) is 1.89. The number of hydrogen-bond acceptors (Lipinski definition) is 2. The predicted octanol–water partition coefficient (Wildman–Crippen LogP) is 2.60. The van der Waals surface area contributed by atoms with Crippen LogP contribution in [0.25, 0.3) is 0 Å². The first kappa shape index (κ1) is 17.5. The predicted molar refractivity (Wildman–Crippen MR) is 89.8 cm³/mol. The van der Waals surface area contributed by atoms with E-state index >= 15 is 0 Å². The minimum atomic E-state index is 0.393. The van der Waals surface area contributed by atoms with E-state index in [1.54, 1.807) is 0 Å². The first-order valence-electron chi connectivity index (χ1n) is 7.89. The Morgan fingerprint density at radius 1 is 1.19 bits per heavy atom. The number of nitrogens with one attached hydrogen (secondary N) is 2. The Balaban J connectivity index is 2.09. The Kier molecular flexibility index (Phi) is 9.29. The molecular weight excluding hydrogens is 262 g/mol. The van der Waals surface area contributed by atoms with E-state index < -0.39 is 0 Å². The average molecular weight is 291 g/mol. The third-order valence-corrected chi connectivity index (χ3v) is 2.86. The molecule has 118 valence electrons. The molecule has 0 aliphatic carbocycles. The number of hydrogen-bond donors (Lipinski definition) is 2. The van der Waals surface area contributed by atoms with Crippen LogP contribution in [0.4, 0.5) is 0 Å². The summed E-state index contributed by atoms with van der Waals surface area (Å²) in [4.78, 5) is 4.52. The Hall–Kier alpha value is -1.55. The number of ether oxygens (including phenoxy) is 1. The van der Waals surface area contributed by atoms with E-state index in [-0.39, 0.29) is 0 Å². The van der Waals surface area contributed by atoms with Crippen molar-refractivity contribution in [2.24, 2.45) is 4.99 Å². The zero-order valence-electron chi connectivity index (χ0n) is 13.6. The number of rotatable bonds is 9. The first-order chi connectivity index (χ1) is 10.2. The van der Waals surface area contributed by atoms with Gasteiger partial charge in [-0.25, -0.2) is 0 Å². The Morgan fingerprint density at radius 2 is 1.95 bits per heavy atom. The molecule has 0 aliphatic rings. The molecule has 0 saturated heterocycles. The van der Waals surface area contributed by atoms with Crippen molar-refractivity contribution in [2.75, 3.05) is 26.3 Å². The zero-order chi connectivity index (χ0) is 15.3. The highest BCUT2D eigenvalue weighted by Gasteiger charge is 1.98. The van der Waals surface area contributed by atoms with E-state index in [9.17, 15) is 0 Å². The van der Waals surface area contributed by atoms with Crippen LogP contribution in [-0.2, 0) is 11.2 Å². The molecular formula is C17H29N3O. The van der Waals surface area contributed by atoms with E-state index in [1.807, 2.05) is 6.07 Å². The highest BCUT2D eigenvalue weighted by molar-refractivity contribution is 5.79. The maximum Gasteiger partial charge on any atom is 0.191 e. The Morgan fingerprint density at radius 3 is 2.62 bits per heavy atom. The lowest BCUT2D eigenvalue weighted by atomic mass is 10.2. The van der Waals surface area contributed by atoms with E-state index in [0.717, 1.165) is 45.1 Å². The van der Waals surface area contributed by atoms with Crippen molar-refractivity contribution in [1.82, 2.24) is 10.6 Å². The van der Waals surface area contributed by atoms with Gasteiger partial charge in [-0.3, -0.25) is 4.99 Å². The van der Waals surface area contributed by atoms with Crippen LogP contribution in [-0.4, -0.2) is 38.3 Å². The van der Waals surface area contributed by atoms with Crippen molar-refractivity contribution in [3.8, 4) is 0 Å². The third kappa shape index (κ3) is 9.08. The number of guanidine groups is 1. The molecule has 0 saturated carbocycles. The van der Waals surface area contributed by atoms with Crippen molar-refractivity contribution in [1.29, 1.82) is 0 Å². The first-order valence-corrected chi connectivity index (χ1v) is 7.89. The zero-order valence-corrected chi connectivity index (χ0v) is 13.6. The topological polar surface area (TPSA) is 45.7 Å². The summed E-state index contributed by atoms with van der Waals surface area (Å²) in [7, 11) is 0. The normalized spacial score (nSPS) is 11.7. The van der Waals surface area contributed by atoms with E-state index in [0.29, 0.717) is 6.04 Å². The van der Waals surface area contributed by atoms with E-state index in [1.165, 1.54) is 5.56 Å². The van der Waals surface area contributed by atoms with Crippen LogP contribution < -0.4 is 10.6 Å². The van der Waals surface area contributed by atoms with Gasteiger partial charge in [0.15, 0.2) is 5.96 Å². The fourth-order valence-electron chi connectivity index (χ4n) is 1.89. The van der Waals surface area contributed by atoms with Gasteiger partial charge in [0.1, 0.15) is 0 Å². The smallest absolute Gasteiger partial charge is 0.191 e. The van der Waals surface area contributed by atoms with Gasteiger partial charge in [-0.05, 0) is 39.2 Å². The summed E-state index contributed by atoms with van der Waals surface area (Å²) in [5.41, 5.74) is 1.33. The molecule has 0 bridgehead atoms. The Bertz CT molecular complexity index is 390. The van der Waals surface area contributed by atoms with Crippen molar-refractivity contribution >= 4 is 5.96 Å². The molecule has 1 aromatic rings. The summed E-state index contributed by atoms with van der Waals surface area (Å²) in [6.07, 6.45) is 1.92. The molecule has 0 radical (unpaired) electrons. The molecule has 1 aromatic carbocycles. The standard InChI is InChI=1S/C17H29N3O/c1-4-18-17(20-15(2)3)19-12-8-13-21-14-11-16-9-6-5-7-10-16/h5-7,9-10,15H,4,8,11-14H2,1-3H3,(H2,18,19,20). The molecule has 0 amide bonds. The van der Waals surface area contributed by atoms with Gasteiger partial charge in [0.2, 0.25) is 0 Å². The maximum absolute atomic E-state index is 5.65. The van der Waals surface area contributed by atoms with Gasteiger partial charge in [-0.2, -0.15) is 0 Å². The molecule has 4 heteroatoms. The molecule has 0 atom stereocenters. The van der Waals surface area contributed by atoms with Crippen LogP contribution >= 0.6 is 0 Å². The quantitative estimate of drug-likeness (QED) is 0.418. The fraction of sp³-hybridized carbons (Fsp3) is 0.588. The third-order valence-electron chi connectivity index (χ3n) is 2.86. The van der Waals surface area contributed by atoms with Crippen LogP contribution in [0.1, 0.15) is 32.8 Å². The summed E-state index contributed by atoms with van der Waals surface area (Å²) in [5, 5.41) is 6.54. The van der Waals surface area contributed by atoms with Gasteiger partial charge < -0.3 is 15.4 Å². The molecule has 0 aliphatic heterocycles. The second-order valence-corrected chi connectivity index (χ2v) is 5.26. The molecule has 21 heavy (non-hydrogen) atoms. The summed E-state index contributed by atoms with van der Waals surface area (Å²) >= 11 is 0. The summed E-state index contributed by atoms with van der Waals surface area (Å²) in [5.74, 6) is 0.886. The molecule has 0 aromatic heterocycles. The van der Waals surface area contributed by atoms with Gasteiger partial charge in [0.05, 0.1) is 6.61 Å². The van der Waals surface area contributed by atoms with Crippen LogP contribution in [0.2, 0.25) is 0 Å². The molecule has 0 spiro atoms. The van der Waals surface area contributed by atoms with E-state index in [4.69, 9.17) is 4.74 Å². The molecule has 0 fully saturated rings. The lowest BCUT2D eigenvalue weighted by molar-refractivity contribution is 0.136. The summed E-state index contributed by atoms with van der Waals surface area (Å²) < 4.78 is 5.65. The largest absolute Gasteiger partial charge is 0.381 e. The second kappa shape index (κ2) is 11.1. The van der Waals surface area contributed by atoms with Crippen LogP contribution in [0.3, 0.4) is 0 Å². The highest BCUT2D eigenvalue weighted by atomic mass is 16.5. The van der Waals surface area contributed by atoms with Crippen LogP contribution in [0.15, 0.2) is 35.3 Å². The number of benzene rings is 1. The minimum Gasteiger partial charge on any atom is -0.381 e. The van der Waals surface area contributed by atoms with Gasteiger partial charge in [-0.15, -0.1) is 0 Å². The molecule has 2 N–H and O–H groups in total. The van der Waals surface area contributed by atoms with Crippen molar-refractivity contribution < 1.29 is 4.74 Å². The monoisotopic (exact) mass is 291 g/mol. The van der Waals surface area contributed by atoms with Gasteiger partial charge in [-0.1, -0.05) is 30.3 Å². The van der Waals surface area contributed by atoms with Gasteiger partial charge in [0.25, 0.3) is 0 Å². The Labute approximate surface area is 129 Å². The lowest BCUT2D eigenvalue weighted by Crippen LogP contribution is -2.41. The average Bonchev–Trinajstić information content (AvgIpc) is 2.47. The summed E-state index contributed by atoms with van der Waals surface area (Å²) in [6, 6.07) is 10.8. The van der Waals surface area contributed by atoms with Gasteiger partial charge in [0, 0.05) is 25.7 Å². The van der Waals surface area contributed by atoms with Crippen molar-refractivity contribution in [2.45, 2.75) is 39.7 Å². The minimum absolute atomic E-state index is 0.393. The van der Waals surface area contributed by atoms with Crippen LogP contribution in [0, 0.1) is 0 Å². The maximum atomic E-state index is 5.65. The van der Waals surface area contributed by atoms with Crippen molar-refractivity contribution in [3.63, 3.8) is 0 Å². The molecule has 0 unspecified atom stereocenters. The lowest BCUT2D eigenvalue weighted by Gasteiger charge is -2.13. The van der Waals surface area contributed by atoms with Gasteiger partial charge >= 0.3 is 0 Å². The second-order valence-electron chi connectivity index (χ2n) is 5.26. The SMILES string of the molecule is CCNC(=NCCCOCCc1ccccc1)NC(C)C. The van der Waals surface area contributed by atoms with Crippen molar-refractivity contribution in [3.05, 3.63) is 35.9 Å². The molecule has 1 rings (SSSR count). The highest BCUT2D eigenvalue weighted by Crippen LogP contribution is 1.99. The number of aliphatic imine (C=N–C) groups is 1. The molecule has 0 heterocycles. The van der Waals surface area contributed by atoms with E-state index in [2.05, 4.69) is 60.7 Å². The molecule has 4 nitrogen and oxygen atoms in total. The summed E-state index contributed by atoms with van der Waals surface area (Å²) in [6.45, 7) is 9.50.